The molecule has 0 aromatic carbocycles. The van der Waals surface area contributed by atoms with E-state index in [0.29, 0.717) is 6.42 Å². The Hall–Kier alpha value is -0.480. The summed E-state index contributed by atoms with van der Waals surface area (Å²) < 4.78 is 0. The summed E-state index contributed by atoms with van der Waals surface area (Å²) in [4.78, 5) is 10.3. The first kappa shape index (κ1) is 11.5. The Morgan fingerprint density at radius 3 is 2.83 bits per heavy atom. The summed E-state index contributed by atoms with van der Waals surface area (Å²) in [6, 6.07) is -0.704. The number of carboxylic acid groups (broad SMARTS) is 1. The van der Waals surface area contributed by atoms with Gasteiger partial charge in [-0.25, -0.2) is 0 Å². The predicted octanol–water partition coefficient (Wildman–Crippen LogP) is 0.222. The van der Waals surface area contributed by atoms with Crippen LogP contribution < -0.4 is 5.73 Å². The van der Waals surface area contributed by atoms with Gasteiger partial charge in [0.15, 0.2) is 0 Å². The van der Waals surface area contributed by atoms with E-state index >= 15 is 0 Å². The molecule has 0 aliphatic heterocycles. The molecule has 4 heteroatoms. The summed E-state index contributed by atoms with van der Waals surface area (Å²) in [6.07, 6.45) is 4.51. The van der Waals surface area contributed by atoms with Crippen molar-refractivity contribution >= 4 is 16.9 Å². The van der Waals surface area contributed by atoms with E-state index in [0.717, 1.165) is 11.5 Å². The lowest BCUT2D eigenvalue weighted by atomic mass is 10.2. The van der Waals surface area contributed by atoms with Crippen molar-refractivity contribution in [3.05, 3.63) is 12.7 Å². The highest BCUT2D eigenvalue weighted by atomic mass is 32.2. The minimum absolute atomic E-state index is 0.231. The average molecular weight is 190 g/mol. The molecule has 0 aromatic rings. The van der Waals surface area contributed by atoms with Gasteiger partial charge >= 0.3 is 5.97 Å². The van der Waals surface area contributed by atoms with Crippen molar-refractivity contribution in [3.63, 3.8) is 0 Å². The summed E-state index contributed by atoms with van der Waals surface area (Å²) in [7, 11) is 0.231. The quantitative estimate of drug-likeness (QED) is 0.465. The molecule has 3 nitrogen and oxygen atoms in total. The molecule has 2 atom stereocenters. The van der Waals surface area contributed by atoms with Gasteiger partial charge in [-0.1, -0.05) is 6.58 Å². The van der Waals surface area contributed by atoms with Crippen molar-refractivity contribution in [3.8, 4) is 0 Å². The van der Waals surface area contributed by atoms with Crippen molar-refractivity contribution < 1.29 is 9.90 Å². The minimum Gasteiger partial charge on any atom is -0.480 e. The lowest BCUT2D eigenvalue weighted by Gasteiger charge is -2.04. The van der Waals surface area contributed by atoms with Gasteiger partial charge in [0, 0.05) is 6.42 Å². The summed E-state index contributed by atoms with van der Waals surface area (Å²) in [5.74, 6) is 0.914. The zero-order valence-corrected chi connectivity index (χ0v) is 8.14. The van der Waals surface area contributed by atoms with Crippen molar-refractivity contribution in [1.82, 2.24) is 0 Å². The predicted molar refractivity (Wildman–Crippen MR) is 53.4 cm³/mol. The highest BCUT2D eigenvalue weighted by Gasteiger charge is 2.16. The Bertz CT molecular complexity index is 161. The van der Waals surface area contributed by atoms with Gasteiger partial charge in [-0.05, 0) is 17.0 Å². The standard InChI is InChI=1S/C8H15NO2S/c1-3-5-12(2)6-4-7(9)8(10)11/h3,7H,1,4-6,9H2,2H3/p+1/t7-,12?/m0/s1. The molecule has 0 fully saturated rings. The first-order valence-corrected chi connectivity index (χ1v) is 5.73. The molecule has 0 saturated carbocycles. The van der Waals surface area contributed by atoms with E-state index in [2.05, 4.69) is 12.8 Å². The average Bonchev–Trinajstić information content (AvgIpc) is 2.00. The van der Waals surface area contributed by atoms with Crippen molar-refractivity contribution in [1.29, 1.82) is 0 Å². The summed E-state index contributed by atoms with van der Waals surface area (Å²) in [5.41, 5.74) is 5.34. The molecule has 0 aliphatic carbocycles. The molecular weight excluding hydrogens is 174 g/mol. The fourth-order valence-electron chi connectivity index (χ4n) is 0.736. The number of hydrogen-bond donors (Lipinski definition) is 2. The van der Waals surface area contributed by atoms with E-state index in [4.69, 9.17) is 10.8 Å². The molecule has 0 radical (unpaired) electrons. The number of nitrogens with two attached hydrogens (primary N) is 1. The summed E-state index contributed by atoms with van der Waals surface area (Å²) in [6.45, 7) is 3.62. The summed E-state index contributed by atoms with van der Waals surface area (Å²) in [5, 5.41) is 8.48. The molecule has 0 spiro atoms. The number of carbonyl (C=O) groups is 1. The van der Waals surface area contributed by atoms with E-state index < -0.39 is 12.0 Å². The van der Waals surface area contributed by atoms with E-state index in [1.165, 1.54) is 0 Å². The van der Waals surface area contributed by atoms with Gasteiger partial charge in [0.25, 0.3) is 0 Å². The molecule has 1 unspecified atom stereocenters. The number of aliphatic carboxylic acids is 1. The molecule has 0 aromatic heterocycles. The minimum atomic E-state index is -0.911. The molecule has 3 N–H and O–H groups in total. The van der Waals surface area contributed by atoms with Crippen LogP contribution in [0.15, 0.2) is 12.7 Å². The van der Waals surface area contributed by atoms with Gasteiger partial charge in [-0.15, -0.1) is 0 Å². The Balaban J connectivity index is 3.53. The van der Waals surface area contributed by atoms with Crippen molar-refractivity contribution in [2.75, 3.05) is 17.8 Å². The second-order valence-electron chi connectivity index (χ2n) is 2.67. The van der Waals surface area contributed by atoms with Crippen LogP contribution in [0.5, 0.6) is 0 Å². The number of hydrogen-bond acceptors (Lipinski definition) is 2. The highest BCUT2D eigenvalue weighted by molar-refractivity contribution is 7.96. The van der Waals surface area contributed by atoms with Gasteiger partial charge < -0.3 is 10.8 Å². The molecule has 70 valence electrons. The zero-order valence-electron chi connectivity index (χ0n) is 7.32. The zero-order chi connectivity index (χ0) is 9.56. The fourth-order valence-corrected chi connectivity index (χ4v) is 1.96. The van der Waals surface area contributed by atoms with E-state index in [1.54, 1.807) is 0 Å². The van der Waals surface area contributed by atoms with Crippen LogP contribution in [0, 0.1) is 0 Å². The fraction of sp³-hybridized carbons (Fsp3) is 0.625. The monoisotopic (exact) mass is 190 g/mol. The third-order valence-electron chi connectivity index (χ3n) is 1.50. The Kier molecular flexibility index (Phi) is 5.84. The SMILES string of the molecule is C=CC[S+](C)CC[C@H](N)C(=O)O. The third-order valence-corrected chi connectivity index (χ3v) is 3.23. The maximum absolute atomic E-state index is 10.3. The number of rotatable bonds is 6. The van der Waals surface area contributed by atoms with Crippen LogP contribution in [0.3, 0.4) is 0 Å². The van der Waals surface area contributed by atoms with Gasteiger partial charge in [0.2, 0.25) is 0 Å². The van der Waals surface area contributed by atoms with Gasteiger partial charge in [0.05, 0.1) is 6.26 Å². The Morgan fingerprint density at radius 2 is 2.42 bits per heavy atom. The van der Waals surface area contributed by atoms with Crippen LogP contribution in [0.4, 0.5) is 0 Å². The largest absolute Gasteiger partial charge is 0.480 e. The van der Waals surface area contributed by atoms with E-state index in [-0.39, 0.29) is 10.9 Å². The second kappa shape index (κ2) is 6.08. The smallest absolute Gasteiger partial charge is 0.320 e. The third kappa shape index (κ3) is 5.21. The molecule has 0 bridgehead atoms. The molecule has 12 heavy (non-hydrogen) atoms. The number of carboxylic acids is 1. The Morgan fingerprint density at radius 1 is 1.83 bits per heavy atom. The lowest BCUT2D eigenvalue weighted by Crippen LogP contribution is -2.32. The van der Waals surface area contributed by atoms with Crippen LogP contribution in [0.1, 0.15) is 6.42 Å². The van der Waals surface area contributed by atoms with Gasteiger partial charge in [0.1, 0.15) is 17.5 Å². The van der Waals surface area contributed by atoms with Crippen molar-refractivity contribution in [2.45, 2.75) is 12.5 Å². The molecular formula is C8H16NO2S+. The topological polar surface area (TPSA) is 63.3 Å². The molecule has 0 saturated heterocycles. The second-order valence-corrected chi connectivity index (χ2v) is 4.98. The first-order valence-electron chi connectivity index (χ1n) is 3.76. The lowest BCUT2D eigenvalue weighted by molar-refractivity contribution is -0.138. The normalized spacial score (nSPS) is 15.2. The van der Waals surface area contributed by atoms with Gasteiger partial charge in [-0.2, -0.15) is 0 Å². The van der Waals surface area contributed by atoms with Crippen molar-refractivity contribution in [2.24, 2.45) is 5.73 Å². The van der Waals surface area contributed by atoms with Gasteiger partial charge in [-0.3, -0.25) is 4.79 Å². The molecule has 0 aliphatic rings. The van der Waals surface area contributed by atoms with Crippen LogP contribution in [-0.2, 0) is 15.7 Å². The Labute approximate surface area is 76.0 Å². The molecule has 0 heterocycles. The summed E-state index contributed by atoms with van der Waals surface area (Å²) >= 11 is 0. The molecule has 0 amide bonds. The van der Waals surface area contributed by atoms with E-state index in [1.807, 2.05) is 6.08 Å². The highest BCUT2D eigenvalue weighted by Crippen LogP contribution is 1.98. The van der Waals surface area contributed by atoms with Crippen LogP contribution in [-0.4, -0.2) is 34.9 Å². The maximum Gasteiger partial charge on any atom is 0.320 e. The first-order chi connectivity index (χ1) is 5.57. The van der Waals surface area contributed by atoms with E-state index in [9.17, 15) is 4.79 Å². The molecule has 0 rings (SSSR count). The van der Waals surface area contributed by atoms with Crippen LogP contribution in [0.2, 0.25) is 0 Å². The van der Waals surface area contributed by atoms with Crippen LogP contribution in [0.25, 0.3) is 0 Å². The van der Waals surface area contributed by atoms with Crippen LogP contribution >= 0.6 is 0 Å². The maximum atomic E-state index is 10.3.